The first-order valence-corrected chi connectivity index (χ1v) is 10.1. The highest BCUT2D eigenvalue weighted by Crippen LogP contribution is 2.46. The minimum absolute atomic E-state index is 0.248. The van der Waals surface area contributed by atoms with Gasteiger partial charge in [0.1, 0.15) is 0 Å². The summed E-state index contributed by atoms with van der Waals surface area (Å²) in [5, 5.41) is 0. The molecule has 4 rings (SSSR count). The van der Waals surface area contributed by atoms with E-state index in [0.29, 0.717) is 13.1 Å². The van der Waals surface area contributed by atoms with E-state index in [0.717, 1.165) is 36.5 Å². The SMILES string of the molecule is CN(C)S(=O)(=O)N1CC[C@@]2(CN(Cc3cccnc3)c3cccnc32)C1. The molecule has 0 amide bonds. The summed E-state index contributed by atoms with van der Waals surface area (Å²) in [6.07, 6.45) is 6.23. The third-order valence-corrected chi connectivity index (χ3v) is 7.21. The molecule has 138 valence electrons. The maximum Gasteiger partial charge on any atom is 0.281 e. The van der Waals surface area contributed by atoms with Crippen molar-refractivity contribution < 1.29 is 8.42 Å². The van der Waals surface area contributed by atoms with Crippen molar-refractivity contribution >= 4 is 15.9 Å². The van der Waals surface area contributed by atoms with E-state index < -0.39 is 10.2 Å². The van der Waals surface area contributed by atoms with Crippen molar-refractivity contribution in [1.29, 1.82) is 0 Å². The largest absolute Gasteiger partial charge is 0.365 e. The molecule has 1 saturated heterocycles. The Morgan fingerprint density at radius 1 is 1.19 bits per heavy atom. The van der Waals surface area contributed by atoms with E-state index in [1.54, 1.807) is 30.8 Å². The third-order valence-electron chi connectivity index (χ3n) is 5.33. The first-order valence-electron chi connectivity index (χ1n) is 8.69. The minimum atomic E-state index is -3.41. The summed E-state index contributed by atoms with van der Waals surface area (Å²) in [6, 6.07) is 8.02. The summed E-state index contributed by atoms with van der Waals surface area (Å²) >= 11 is 0. The molecular formula is C18H23N5O2S. The van der Waals surface area contributed by atoms with Crippen LogP contribution in [0.25, 0.3) is 0 Å². The van der Waals surface area contributed by atoms with Crippen molar-refractivity contribution in [1.82, 2.24) is 18.6 Å². The molecule has 0 aromatic carbocycles. The summed E-state index contributed by atoms with van der Waals surface area (Å²) in [5.41, 5.74) is 3.00. The Kier molecular flexibility index (Phi) is 4.21. The molecule has 26 heavy (non-hydrogen) atoms. The number of aromatic nitrogens is 2. The van der Waals surface area contributed by atoms with Crippen LogP contribution in [0.1, 0.15) is 17.7 Å². The molecule has 1 atom stereocenters. The zero-order valence-corrected chi connectivity index (χ0v) is 15.9. The number of fused-ring (bicyclic) bond motifs is 2. The molecule has 4 heterocycles. The lowest BCUT2D eigenvalue weighted by atomic mass is 9.85. The molecule has 1 spiro atoms. The van der Waals surface area contributed by atoms with E-state index in [1.807, 2.05) is 18.3 Å². The fraction of sp³-hybridized carbons (Fsp3) is 0.444. The van der Waals surface area contributed by atoms with E-state index in [-0.39, 0.29) is 5.41 Å². The number of hydrogen-bond donors (Lipinski definition) is 0. The van der Waals surface area contributed by atoms with Gasteiger partial charge in [-0.15, -0.1) is 0 Å². The zero-order chi connectivity index (χ0) is 18.4. The Hall–Kier alpha value is -2.03. The van der Waals surface area contributed by atoms with Crippen molar-refractivity contribution in [2.45, 2.75) is 18.4 Å². The van der Waals surface area contributed by atoms with E-state index in [4.69, 9.17) is 0 Å². The van der Waals surface area contributed by atoms with Crippen LogP contribution in [0.5, 0.6) is 0 Å². The van der Waals surface area contributed by atoms with Crippen molar-refractivity contribution in [2.75, 3.05) is 38.6 Å². The highest BCUT2D eigenvalue weighted by Gasteiger charge is 2.51. The number of nitrogens with zero attached hydrogens (tertiary/aromatic N) is 5. The van der Waals surface area contributed by atoms with E-state index >= 15 is 0 Å². The predicted octanol–water partition coefficient (Wildman–Crippen LogP) is 1.25. The van der Waals surface area contributed by atoms with Crippen LogP contribution < -0.4 is 4.90 Å². The molecule has 7 nitrogen and oxygen atoms in total. The van der Waals surface area contributed by atoms with Gasteiger partial charge in [-0.05, 0) is 30.2 Å². The van der Waals surface area contributed by atoms with Gasteiger partial charge in [-0.3, -0.25) is 9.97 Å². The van der Waals surface area contributed by atoms with Crippen LogP contribution in [0.15, 0.2) is 42.9 Å². The second-order valence-electron chi connectivity index (χ2n) is 7.24. The summed E-state index contributed by atoms with van der Waals surface area (Å²) < 4.78 is 28.0. The zero-order valence-electron chi connectivity index (χ0n) is 15.0. The average Bonchev–Trinajstić information content (AvgIpc) is 3.20. The molecule has 1 fully saturated rings. The number of rotatable bonds is 4. The Balaban J connectivity index is 1.65. The van der Waals surface area contributed by atoms with E-state index in [1.165, 1.54) is 4.31 Å². The molecule has 0 aliphatic carbocycles. The van der Waals surface area contributed by atoms with Gasteiger partial charge in [-0.25, -0.2) is 0 Å². The van der Waals surface area contributed by atoms with Crippen LogP contribution >= 0.6 is 0 Å². The van der Waals surface area contributed by atoms with Crippen LogP contribution in [-0.4, -0.2) is 60.7 Å². The molecule has 2 aliphatic rings. The number of hydrogen-bond acceptors (Lipinski definition) is 5. The van der Waals surface area contributed by atoms with Crippen LogP contribution in [0.3, 0.4) is 0 Å². The molecule has 0 radical (unpaired) electrons. The first-order chi connectivity index (χ1) is 12.4. The standard InChI is InChI=1S/C18H23N5O2S/c1-21(2)26(24,25)23-10-7-18(14-23)13-22(12-15-5-3-8-19-11-15)16-6-4-9-20-17(16)18/h3-6,8-9,11H,7,10,12-14H2,1-2H3/t18-/m1/s1. The molecule has 0 saturated carbocycles. The quantitative estimate of drug-likeness (QED) is 0.807. The molecule has 2 aromatic heterocycles. The van der Waals surface area contributed by atoms with Gasteiger partial charge in [-0.2, -0.15) is 17.0 Å². The normalized spacial score (nSPS) is 23.1. The molecule has 2 aromatic rings. The first kappa shape index (κ1) is 17.4. The van der Waals surface area contributed by atoms with Gasteiger partial charge in [-0.1, -0.05) is 6.07 Å². The highest BCUT2D eigenvalue weighted by atomic mass is 32.2. The van der Waals surface area contributed by atoms with Crippen LogP contribution in [-0.2, 0) is 22.2 Å². The summed E-state index contributed by atoms with van der Waals surface area (Å²) in [4.78, 5) is 11.2. The number of anilines is 1. The van der Waals surface area contributed by atoms with E-state index in [2.05, 4.69) is 27.0 Å². The molecule has 2 aliphatic heterocycles. The van der Waals surface area contributed by atoms with Gasteiger partial charge in [0.15, 0.2) is 0 Å². The molecule has 0 N–H and O–H groups in total. The molecule has 0 unspecified atom stereocenters. The predicted molar refractivity (Wildman–Crippen MR) is 100.0 cm³/mol. The highest BCUT2D eigenvalue weighted by molar-refractivity contribution is 7.86. The van der Waals surface area contributed by atoms with Crippen LogP contribution in [0.2, 0.25) is 0 Å². The van der Waals surface area contributed by atoms with Crippen molar-refractivity contribution in [3.63, 3.8) is 0 Å². The Bertz CT molecular complexity index is 903. The van der Waals surface area contributed by atoms with Gasteiger partial charge in [0.2, 0.25) is 0 Å². The lowest BCUT2D eigenvalue weighted by Crippen LogP contribution is -2.42. The van der Waals surface area contributed by atoms with Crippen molar-refractivity contribution in [3.05, 3.63) is 54.1 Å². The van der Waals surface area contributed by atoms with Gasteiger partial charge in [0, 0.05) is 64.3 Å². The Morgan fingerprint density at radius 3 is 2.73 bits per heavy atom. The summed E-state index contributed by atoms with van der Waals surface area (Å²) in [5.74, 6) is 0. The minimum Gasteiger partial charge on any atom is -0.365 e. The Morgan fingerprint density at radius 2 is 2.00 bits per heavy atom. The third kappa shape index (κ3) is 2.78. The van der Waals surface area contributed by atoms with Gasteiger partial charge >= 0.3 is 0 Å². The van der Waals surface area contributed by atoms with Gasteiger partial charge in [0.25, 0.3) is 10.2 Å². The smallest absolute Gasteiger partial charge is 0.281 e. The molecule has 8 heteroatoms. The van der Waals surface area contributed by atoms with Crippen LogP contribution in [0, 0.1) is 0 Å². The topological polar surface area (TPSA) is 69.6 Å². The monoisotopic (exact) mass is 373 g/mol. The van der Waals surface area contributed by atoms with Crippen molar-refractivity contribution in [2.24, 2.45) is 0 Å². The lowest BCUT2D eigenvalue weighted by molar-refractivity contribution is 0.394. The van der Waals surface area contributed by atoms with Crippen LogP contribution in [0.4, 0.5) is 5.69 Å². The molecular weight excluding hydrogens is 350 g/mol. The fourth-order valence-corrected chi connectivity index (χ4v) is 5.22. The second kappa shape index (κ2) is 6.29. The lowest BCUT2D eigenvalue weighted by Gasteiger charge is -2.26. The fourth-order valence-electron chi connectivity index (χ4n) is 4.02. The van der Waals surface area contributed by atoms with Crippen molar-refractivity contribution in [3.8, 4) is 0 Å². The maximum absolute atomic E-state index is 12.6. The summed E-state index contributed by atoms with van der Waals surface area (Å²) in [6.45, 7) is 2.51. The molecule has 0 bridgehead atoms. The number of pyridine rings is 2. The maximum atomic E-state index is 12.6. The Labute approximate surface area is 154 Å². The van der Waals surface area contributed by atoms with Gasteiger partial charge < -0.3 is 4.90 Å². The summed E-state index contributed by atoms with van der Waals surface area (Å²) in [7, 11) is -0.250. The second-order valence-corrected chi connectivity index (χ2v) is 9.38. The van der Waals surface area contributed by atoms with E-state index in [9.17, 15) is 8.42 Å². The average molecular weight is 373 g/mol. The van der Waals surface area contributed by atoms with Gasteiger partial charge in [0.05, 0.1) is 11.4 Å².